The monoisotopic (exact) mass is 436 g/mol. The van der Waals surface area contributed by atoms with Crippen molar-refractivity contribution in [2.24, 2.45) is 23.7 Å². The minimum Gasteiger partial charge on any atom is -0.508 e. The van der Waals surface area contributed by atoms with Crippen LogP contribution in [0.5, 0.6) is 11.5 Å². The Bertz CT molecular complexity index is 934. The predicted molar refractivity (Wildman–Crippen MR) is 123 cm³/mol. The van der Waals surface area contributed by atoms with Gasteiger partial charge in [0.2, 0.25) is 5.91 Å². The zero-order chi connectivity index (χ0) is 23.7. The van der Waals surface area contributed by atoms with Gasteiger partial charge in [-0.2, -0.15) is 5.26 Å². The second-order valence-corrected chi connectivity index (χ2v) is 8.74. The molecule has 0 heterocycles. The van der Waals surface area contributed by atoms with Gasteiger partial charge in [-0.1, -0.05) is 58.0 Å². The average molecular weight is 437 g/mol. The van der Waals surface area contributed by atoms with E-state index in [1.165, 1.54) is 0 Å². The number of nitrogens with zero attached hydrogens (tertiary/aromatic N) is 1. The first-order valence-electron chi connectivity index (χ1n) is 10.9. The molecule has 170 valence electrons. The Morgan fingerprint density at radius 1 is 1.06 bits per heavy atom. The van der Waals surface area contributed by atoms with Crippen LogP contribution in [0.4, 0.5) is 0 Å². The van der Waals surface area contributed by atoms with Crippen LogP contribution < -0.4 is 10.1 Å². The van der Waals surface area contributed by atoms with Crippen molar-refractivity contribution in [3.05, 3.63) is 60.2 Å². The highest BCUT2D eigenvalue weighted by atomic mass is 16.5. The molecule has 0 aliphatic heterocycles. The van der Waals surface area contributed by atoms with Gasteiger partial charge in [-0.05, 0) is 54.0 Å². The SMILES string of the molecule is CC(C)CC(C(=O)NCC#N)C(C(C)C)C(C(=O)Oc1ccccc1)c1cccc(O)c1. The zero-order valence-electron chi connectivity index (χ0n) is 19.1. The summed E-state index contributed by atoms with van der Waals surface area (Å²) >= 11 is 0. The van der Waals surface area contributed by atoms with Crippen LogP contribution in [0, 0.1) is 35.0 Å². The molecule has 1 amide bonds. The summed E-state index contributed by atoms with van der Waals surface area (Å²) in [5, 5.41) is 21.7. The first-order chi connectivity index (χ1) is 15.2. The van der Waals surface area contributed by atoms with Crippen molar-refractivity contribution in [2.75, 3.05) is 6.54 Å². The quantitative estimate of drug-likeness (QED) is 0.321. The molecule has 0 aromatic heterocycles. The van der Waals surface area contributed by atoms with Gasteiger partial charge in [-0.15, -0.1) is 0 Å². The standard InChI is InChI=1S/C26H32N2O4/c1-17(2)15-22(25(30)28-14-13-27)23(18(3)4)24(19-9-8-10-20(29)16-19)26(31)32-21-11-6-5-7-12-21/h5-12,16-18,22-24,29H,14-15H2,1-4H3,(H,28,30). The highest BCUT2D eigenvalue weighted by Crippen LogP contribution is 2.40. The number of nitrogens with one attached hydrogen (secondary N) is 1. The smallest absolute Gasteiger partial charge is 0.319 e. The van der Waals surface area contributed by atoms with Gasteiger partial charge < -0.3 is 15.2 Å². The number of hydrogen-bond acceptors (Lipinski definition) is 5. The lowest BCUT2D eigenvalue weighted by Gasteiger charge is -2.35. The predicted octanol–water partition coefficient (Wildman–Crippen LogP) is 4.66. The lowest BCUT2D eigenvalue weighted by molar-refractivity contribution is -0.140. The van der Waals surface area contributed by atoms with Crippen LogP contribution in [0.3, 0.4) is 0 Å². The first kappa shape index (κ1) is 24.9. The van der Waals surface area contributed by atoms with Gasteiger partial charge in [0.25, 0.3) is 0 Å². The number of para-hydroxylation sites is 1. The maximum atomic E-state index is 13.5. The second-order valence-electron chi connectivity index (χ2n) is 8.74. The number of nitriles is 1. The van der Waals surface area contributed by atoms with Crippen molar-refractivity contribution in [1.82, 2.24) is 5.32 Å². The summed E-state index contributed by atoms with van der Waals surface area (Å²) in [7, 11) is 0. The number of phenolic OH excluding ortho intramolecular Hbond substituents is 1. The van der Waals surface area contributed by atoms with E-state index in [-0.39, 0.29) is 30.0 Å². The van der Waals surface area contributed by atoms with Gasteiger partial charge in [-0.25, -0.2) is 0 Å². The molecule has 2 aromatic carbocycles. The van der Waals surface area contributed by atoms with Crippen molar-refractivity contribution in [2.45, 2.75) is 40.0 Å². The number of aromatic hydroxyl groups is 1. The minimum atomic E-state index is -0.779. The van der Waals surface area contributed by atoms with Gasteiger partial charge in [0, 0.05) is 5.92 Å². The van der Waals surface area contributed by atoms with Gasteiger partial charge in [-0.3, -0.25) is 9.59 Å². The fourth-order valence-corrected chi connectivity index (χ4v) is 4.19. The molecule has 6 nitrogen and oxygen atoms in total. The van der Waals surface area contributed by atoms with E-state index in [1.807, 2.05) is 39.8 Å². The Kier molecular flexibility index (Phi) is 9.27. The molecule has 0 aliphatic carbocycles. The molecule has 0 saturated carbocycles. The maximum absolute atomic E-state index is 13.5. The van der Waals surface area contributed by atoms with Crippen LogP contribution in [0.1, 0.15) is 45.6 Å². The van der Waals surface area contributed by atoms with E-state index in [9.17, 15) is 14.7 Å². The second kappa shape index (κ2) is 11.9. The number of rotatable bonds is 10. The minimum absolute atomic E-state index is 0.0388. The Morgan fingerprint density at radius 2 is 1.75 bits per heavy atom. The summed E-state index contributed by atoms with van der Waals surface area (Å²) in [6.45, 7) is 7.90. The molecule has 6 heteroatoms. The Morgan fingerprint density at radius 3 is 2.31 bits per heavy atom. The molecule has 2 N–H and O–H groups in total. The number of phenols is 1. The number of ether oxygens (including phenoxy) is 1. The third-order valence-corrected chi connectivity index (χ3v) is 5.47. The van der Waals surface area contributed by atoms with Crippen LogP contribution in [0.25, 0.3) is 0 Å². The fraction of sp³-hybridized carbons (Fsp3) is 0.423. The van der Waals surface area contributed by atoms with Crippen LogP contribution in [-0.4, -0.2) is 23.5 Å². The van der Waals surface area contributed by atoms with Gasteiger partial charge in [0.05, 0.1) is 12.0 Å². The van der Waals surface area contributed by atoms with Crippen molar-refractivity contribution >= 4 is 11.9 Å². The third-order valence-electron chi connectivity index (χ3n) is 5.47. The van der Waals surface area contributed by atoms with Crippen LogP contribution in [-0.2, 0) is 9.59 Å². The molecule has 32 heavy (non-hydrogen) atoms. The largest absolute Gasteiger partial charge is 0.508 e. The first-order valence-corrected chi connectivity index (χ1v) is 10.9. The number of benzene rings is 2. The van der Waals surface area contributed by atoms with E-state index in [1.54, 1.807) is 48.5 Å². The van der Waals surface area contributed by atoms with E-state index >= 15 is 0 Å². The van der Waals surface area contributed by atoms with Crippen molar-refractivity contribution in [3.63, 3.8) is 0 Å². The molecule has 0 aliphatic rings. The van der Waals surface area contributed by atoms with Crippen molar-refractivity contribution in [1.29, 1.82) is 5.26 Å². The highest BCUT2D eigenvalue weighted by molar-refractivity contribution is 5.84. The molecular formula is C26H32N2O4. The summed E-state index contributed by atoms with van der Waals surface area (Å²) in [4.78, 5) is 26.6. The summed E-state index contributed by atoms with van der Waals surface area (Å²) in [5.41, 5.74) is 0.589. The Balaban J connectivity index is 2.55. The number of amides is 1. The van der Waals surface area contributed by atoms with Crippen molar-refractivity contribution in [3.8, 4) is 17.6 Å². The van der Waals surface area contributed by atoms with Crippen LogP contribution in [0.2, 0.25) is 0 Å². The topological polar surface area (TPSA) is 99.4 Å². The molecule has 0 radical (unpaired) electrons. The summed E-state index contributed by atoms with van der Waals surface area (Å²) in [6, 6.07) is 17.3. The molecule has 3 atom stereocenters. The maximum Gasteiger partial charge on any atom is 0.319 e. The molecule has 0 saturated heterocycles. The molecule has 2 aromatic rings. The molecule has 0 bridgehead atoms. The molecule has 0 spiro atoms. The lowest BCUT2D eigenvalue weighted by atomic mass is 9.69. The third kappa shape index (κ3) is 6.84. The number of carbonyl (C=O) groups excluding carboxylic acids is 2. The number of hydrogen-bond donors (Lipinski definition) is 2. The van der Waals surface area contributed by atoms with E-state index in [0.717, 1.165) is 0 Å². The molecule has 0 fully saturated rings. The molecule has 2 rings (SSSR count). The van der Waals surface area contributed by atoms with E-state index < -0.39 is 23.7 Å². The normalized spacial score (nSPS) is 13.8. The van der Waals surface area contributed by atoms with Gasteiger partial charge in [0.15, 0.2) is 0 Å². The Hall–Kier alpha value is -3.33. The average Bonchev–Trinajstić information content (AvgIpc) is 2.74. The lowest BCUT2D eigenvalue weighted by Crippen LogP contribution is -2.42. The zero-order valence-corrected chi connectivity index (χ0v) is 19.1. The van der Waals surface area contributed by atoms with Crippen molar-refractivity contribution < 1.29 is 19.4 Å². The fourth-order valence-electron chi connectivity index (χ4n) is 4.19. The van der Waals surface area contributed by atoms with E-state index in [0.29, 0.717) is 17.7 Å². The van der Waals surface area contributed by atoms with Crippen LogP contribution >= 0.6 is 0 Å². The summed E-state index contributed by atoms with van der Waals surface area (Å²) in [6.07, 6.45) is 0.550. The number of carbonyl (C=O) groups is 2. The van der Waals surface area contributed by atoms with Crippen LogP contribution in [0.15, 0.2) is 54.6 Å². The molecule has 3 unspecified atom stereocenters. The summed E-state index contributed by atoms with van der Waals surface area (Å²) < 4.78 is 5.71. The van der Waals surface area contributed by atoms with Gasteiger partial charge in [0.1, 0.15) is 18.0 Å². The van der Waals surface area contributed by atoms with Gasteiger partial charge >= 0.3 is 5.97 Å². The summed E-state index contributed by atoms with van der Waals surface area (Å²) in [5.74, 6) is -1.84. The van der Waals surface area contributed by atoms with E-state index in [4.69, 9.17) is 10.00 Å². The van der Waals surface area contributed by atoms with E-state index in [2.05, 4.69) is 5.32 Å². The molecular weight excluding hydrogens is 404 g/mol. The highest BCUT2D eigenvalue weighted by Gasteiger charge is 2.42. The number of esters is 1. The Labute approximate surface area is 190 Å².